The van der Waals surface area contributed by atoms with Crippen molar-refractivity contribution in [1.29, 1.82) is 0 Å². The first-order chi connectivity index (χ1) is 11.1. The van der Waals surface area contributed by atoms with Crippen molar-refractivity contribution in [2.75, 3.05) is 0 Å². The molecule has 0 unspecified atom stereocenters. The molecule has 0 radical (unpaired) electrons. The van der Waals surface area contributed by atoms with Gasteiger partial charge in [-0.3, -0.25) is 4.79 Å². The quantitative estimate of drug-likeness (QED) is 0.568. The van der Waals surface area contributed by atoms with Crippen LogP contribution in [0.25, 0.3) is 16.7 Å². The van der Waals surface area contributed by atoms with Crippen molar-refractivity contribution < 1.29 is 0 Å². The second-order valence-electron chi connectivity index (χ2n) is 5.28. The number of pyridine rings is 1. The summed E-state index contributed by atoms with van der Waals surface area (Å²) in [7, 11) is 0. The van der Waals surface area contributed by atoms with Crippen LogP contribution in [0.15, 0.2) is 53.8 Å². The summed E-state index contributed by atoms with van der Waals surface area (Å²) in [5, 5.41) is 5.29. The van der Waals surface area contributed by atoms with Gasteiger partial charge in [-0.05, 0) is 30.7 Å². The predicted molar refractivity (Wildman–Crippen MR) is 87.8 cm³/mol. The van der Waals surface area contributed by atoms with Gasteiger partial charge in [0.1, 0.15) is 6.33 Å². The molecule has 0 spiro atoms. The molecule has 6 nitrogen and oxygen atoms in total. The zero-order valence-corrected chi connectivity index (χ0v) is 13.0. The second kappa shape index (κ2) is 5.17. The topological polar surface area (TPSA) is 65.1 Å². The Bertz CT molecular complexity index is 1070. The highest BCUT2D eigenvalue weighted by molar-refractivity contribution is 6.30. The maximum atomic E-state index is 12.8. The van der Waals surface area contributed by atoms with Crippen molar-refractivity contribution in [3.63, 3.8) is 0 Å². The van der Waals surface area contributed by atoms with Crippen LogP contribution in [0.5, 0.6) is 0 Å². The van der Waals surface area contributed by atoms with Crippen molar-refractivity contribution in [3.8, 4) is 0 Å². The Hall–Kier alpha value is -2.73. The number of hydrogen-bond acceptors (Lipinski definition) is 4. The van der Waals surface area contributed by atoms with Crippen molar-refractivity contribution in [2.24, 2.45) is 0 Å². The molecule has 3 heterocycles. The largest absolute Gasteiger partial charge is 0.308 e. The van der Waals surface area contributed by atoms with E-state index in [-0.39, 0.29) is 11.6 Å². The minimum atomic E-state index is -0.116. The lowest BCUT2D eigenvalue weighted by molar-refractivity contribution is 0.619. The number of fused-ring (bicyclic) bond motifs is 3. The third-order valence-corrected chi connectivity index (χ3v) is 4.22. The van der Waals surface area contributed by atoms with Crippen LogP contribution < -0.4 is 5.56 Å². The smallest absolute Gasteiger partial charge is 0.262 e. The molecule has 0 N–H and O–H groups in total. The molecule has 3 aromatic heterocycles. The minimum Gasteiger partial charge on any atom is -0.308 e. The summed E-state index contributed by atoms with van der Waals surface area (Å²) in [5.41, 5.74) is 1.58. The minimum absolute atomic E-state index is 0.115. The van der Waals surface area contributed by atoms with Gasteiger partial charge in [-0.2, -0.15) is 14.6 Å². The first kappa shape index (κ1) is 13.9. The molecule has 23 heavy (non-hydrogen) atoms. The Morgan fingerprint density at radius 1 is 1.13 bits per heavy atom. The molecule has 0 bridgehead atoms. The summed E-state index contributed by atoms with van der Waals surface area (Å²) in [6.45, 7) is 1.97. The van der Waals surface area contributed by atoms with Gasteiger partial charge >= 0.3 is 0 Å². The number of nitrogens with zero attached hydrogens (tertiary/aromatic N) is 5. The highest BCUT2D eigenvalue weighted by Gasteiger charge is 2.13. The number of benzene rings is 1. The van der Waals surface area contributed by atoms with Crippen LogP contribution in [0.4, 0.5) is 0 Å². The Morgan fingerprint density at radius 2 is 1.91 bits per heavy atom. The summed E-state index contributed by atoms with van der Waals surface area (Å²) in [6.07, 6.45) is 4.74. The molecule has 0 saturated carbocycles. The molecule has 7 heteroatoms. The molecular weight excluding hydrogens is 314 g/mol. The zero-order chi connectivity index (χ0) is 16.0. The van der Waals surface area contributed by atoms with Crippen LogP contribution >= 0.6 is 11.6 Å². The molecule has 114 valence electrons. The van der Waals surface area contributed by atoms with Crippen molar-refractivity contribution in [1.82, 2.24) is 24.1 Å². The molecule has 0 aliphatic heterocycles. The van der Waals surface area contributed by atoms with Gasteiger partial charge in [-0.25, -0.2) is 4.98 Å². The van der Waals surface area contributed by atoms with E-state index < -0.39 is 0 Å². The third-order valence-electron chi connectivity index (χ3n) is 3.97. The standard InChI is InChI=1S/C16H12ClN5O/c1-10(11-2-4-12(17)5-3-11)21-7-6-14-13(15(21)23)8-18-16-19-9-20-22(14)16/h2-10H,1H3/t10-/m0/s1. The first-order valence-corrected chi connectivity index (χ1v) is 7.48. The van der Waals surface area contributed by atoms with Gasteiger partial charge in [-0.15, -0.1) is 0 Å². The fraction of sp³-hybridized carbons (Fsp3) is 0.125. The normalized spacial score (nSPS) is 12.8. The van der Waals surface area contributed by atoms with Gasteiger partial charge < -0.3 is 4.57 Å². The van der Waals surface area contributed by atoms with Crippen molar-refractivity contribution in [3.05, 3.63) is 70.0 Å². The van der Waals surface area contributed by atoms with Crippen molar-refractivity contribution in [2.45, 2.75) is 13.0 Å². The fourth-order valence-corrected chi connectivity index (χ4v) is 2.81. The van der Waals surface area contributed by atoms with Crippen LogP contribution in [-0.2, 0) is 0 Å². The van der Waals surface area contributed by atoms with Gasteiger partial charge in [0, 0.05) is 17.4 Å². The van der Waals surface area contributed by atoms with E-state index in [9.17, 15) is 4.79 Å². The van der Waals surface area contributed by atoms with Crippen LogP contribution in [-0.4, -0.2) is 24.1 Å². The highest BCUT2D eigenvalue weighted by atomic mass is 35.5. The van der Waals surface area contributed by atoms with E-state index in [1.165, 1.54) is 6.33 Å². The summed E-state index contributed by atoms with van der Waals surface area (Å²) in [6, 6.07) is 9.22. The lowest BCUT2D eigenvalue weighted by atomic mass is 10.1. The molecule has 0 fully saturated rings. The van der Waals surface area contributed by atoms with Crippen molar-refractivity contribution >= 4 is 28.3 Å². The molecule has 0 amide bonds. The maximum Gasteiger partial charge on any atom is 0.262 e. The van der Waals surface area contributed by atoms with Crippen LogP contribution in [0.2, 0.25) is 5.02 Å². The maximum absolute atomic E-state index is 12.8. The molecular formula is C16H12ClN5O. The first-order valence-electron chi connectivity index (χ1n) is 7.10. The Balaban J connectivity index is 1.90. The number of halogens is 1. The van der Waals surface area contributed by atoms with E-state index in [1.807, 2.05) is 37.3 Å². The third kappa shape index (κ3) is 2.19. The van der Waals surface area contributed by atoms with Gasteiger partial charge in [0.15, 0.2) is 0 Å². The van der Waals surface area contributed by atoms with E-state index in [0.717, 1.165) is 5.56 Å². The van der Waals surface area contributed by atoms with Crippen LogP contribution in [0, 0.1) is 0 Å². The Kier molecular flexibility index (Phi) is 3.12. The molecule has 4 rings (SSSR count). The van der Waals surface area contributed by atoms with Crippen LogP contribution in [0.1, 0.15) is 18.5 Å². The predicted octanol–water partition coefficient (Wildman–Crippen LogP) is 2.70. The second-order valence-corrected chi connectivity index (χ2v) is 5.72. The van der Waals surface area contributed by atoms with E-state index in [1.54, 1.807) is 21.5 Å². The summed E-state index contributed by atoms with van der Waals surface area (Å²) >= 11 is 5.92. The Morgan fingerprint density at radius 3 is 2.70 bits per heavy atom. The van der Waals surface area contributed by atoms with E-state index >= 15 is 0 Å². The Labute approximate surface area is 136 Å². The van der Waals surface area contributed by atoms with Gasteiger partial charge in [0.2, 0.25) is 0 Å². The zero-order valence-electron chi connectivity index (χ0n) is 12.2. The molecule has 1 atom stereocenters. The molecule has 0 saturated heterocycles. The average Bonchev–Trinajstić information content (AvgIpc) is 3.04. The van der Waals surface area contributed by atoms with E-state index in [2.05, 4.69) is 15.1 Å². The van der Waals surface area contributed by atoms with E-state index in [4.69, 9.17) is 11.6 Å². The van der Waals surface area contributed by atoms with Gasteiger partial charge in [0.25, 0.3) is 11.3 Å². The fourth-order valence-electron chi connectivity index (χ4n) is 2.69. The van der Waals surface area contributed by atoms with E-state index in [0.29, 0.717) is 21.7 Å². The summed E-state index contributed by atoms with van der Waals surface area (Å²) < 4.78 is 3.24. The van der Waals surface area contributed by atoms with Gasteiger partial charge in [0.05, 0.1) is 16.9 Å². The SMILES string of the molecule is C[C@@H](c1ccc(Cl)cc1)n1ccc2c(cnc3ncnn32)c1=O. The molecule has 1 aromatic carbocycles. The monoisotopic (exact) mass is 325 g/mol. The summed E-state index contributed by atoms with van der Waals surface area (Å²) in [4.78, 5) is 21.0. The number of hydrogen-bond donors (Lipinski definition) is 0. The van der Waals surface area contributed by atoms with Gasteiger partial charge in [-0.1, -0.05) is 23.7 Å². The molecule has 4 aromatic rings. The number of rotatable bonds is 2. The lowest BCUT2D eigenvalue weighted by Crippen LogP contribution is -2.24. The number of aromatic nitrogens is 5. The molecule has 0 aliphatic rings. The van der Waals surface area contributed by atoms with Crippen LogP contribution in [0.3, 0.4) is 0 Å². The summed E-state index contributed by atoms with van der Waals surface area (Å²) in [5.74, 6) is 0.473. The molecule has 0 aliphatic carbocycles. The average molecular weight is 326 g/mol. The lowest BCUT2D eigenvalue weighted by Gasteiger charge is -2.16. The highest BCUT2D eigenvalue weighted by Crippen LogP contribution is 2.20.